The number of carbonyl (C=O) groups is 1. The number of benzene rings is 2. The first-order chi connectivity index (χ1) is 17.6. The minimum absolute atomic E-state index is 0.0850. The van der Waals surface area contributed by atoms with E-state index in [0.717, 1.165) is 23.1 Å². The lowest BCUT2D eigenvalue weighted by Gasteiger charge is -2.17. The van der Waals surface area contributed by atoms with Gasteiger partial charge in [0.2, 0.25) is 5.88 Å². The van der Waals surface area contributed by atoms with Crippen molar-refractivity contribution in [3.8, 4) is 34.1 Å². The molecule has 2 aromatic carbocycles. The highest BCUT2D eigenvalue weighted by Gasteiger charge is 2.17. The van der Waals surface area contributed by atoms with Gasteiger partial charge in [-0.05, 0) is 72.1 Å². The Kier molecular flexibility index (Phi) is 6.32. The number of pyridine rings is 2. The number of aromatic nitrogens is 4. The van der Waals surface area contributed by atoms with Gasteiger partial charge in [-0.15, -0.1) is 0 Å². The number of amides is 1. The Morgan fingerprint density at radius 3 is 2.67 bits per heavy atom. The van der Waals surface area contributed by atoms with Crippen molar-refractivity contribution in [2.75, 3.05) is 7.11 Å². The molecule has 1 unspecified atom stereocenters. The molecule has 0 spiro atoms. The van der Waals surface area contributed by atoms with E-state index in [-0.39, 0.29) is 17.7 Å². The van der Waals surface area contributed by atoms with Gasteiger partial charge in [0.25, 0.3) is 5.91 Å². The summed E-state index contributed by atoms with van der Waals surface area (Å²) in [5, 5.41) is 13.7. The number of phenolic OH excluding ortho intramolecular Hbond substituents is 1. The molecule has 0 bridgehead atoms. The molecule has 0 fully saturated rings. The number of hydrogen-bond donors (Lipinski definition) is 3. The van der Waals surface area contributed by atoms with E-state index in [2.05, 4.69) is 25.3 Å². The molecule has 3 N–H and O–H groups in total. The fourth-order valence-corrected chi connectivity index (χ4v) is 4.20. The summed E-state index contributed by atoms with van der Waals surface area (Å²) in [4.78, 5) is 29.2. The smallest absolute Gasteiger partial charge is 0.251 e. The van der Waals surface area contributed by atoms with Gasteiger partial charge in [-0.25, -0.2) is 9.97 Å². The Morgan fingerprint density at radius 2 is 1.89 bits per heavy atom. The van der Waals surface area contributed by atoms with Gasteiger partial charge in [0.05, 0.1) is 29.7 Å². The summed E-state index contributed by atoms with van der Waals surface area (Å²) in [5.41, 5.74) is 5.06. The Hall–Kier alpha value is -4.72. The quantitative estimate of drug-likeness (QED) is 0.293. The van der Waals surface area contributed by atoms with Gasteiger partial charge in [0.1, 0.15) is 11.6 Å². The number of hydrogen-bond acceptors (Lipinski definition) is 6. The van der Waals surface area contributed by atoms with Crippen LogP contribution in [0.5, 0.6) is 11.6 Å². The van der Waals surface area contributed by atoms with Gasteiger partial charge in [-0.2, -0.15) is 0 Å². The lowest BCUT2D eigenvalue weighted by atomic mass is 10.0. The van der Waals surface area contributed by atoms with Gasteiger partial charge < -0.3 is 20.1 Å². The highest BCUT2D eigenvalue weighted by molar-refractivity contribution is 5.98. The third-order valence-corrected chi connectivity index (χ3v) is 6.09. The van der Waals surface area contributed by atoms with Gasteiger partial charge in [-0.3, -0.25) is 9.78 Å². The van der Waals surface area contributed by atoms with Crippen LogP contribution in [0.25, 0.3) is 33.5 Å². The number of rotatable bonds is 7. The zero-order chi connectivity index (χ0) is 25.1. The fourth-order valence-electron chi connectivity index (χ4n) is 4.20. The summed E-state index contributed by atoms with van der Waals surface area (Å²) < 4.78 is 5.38. The van der Waals surface area contributed by atoms with E-state index in [0.29, 0.717) is 33.9 Å². The second-order valence-corrected chi connectivity index (χ2v) is 8.32. The number of fused-ring (bicyclic) bond motifs is 1. The van der Waals surface area contributed by atoms with Gasteiger partial charge >= 0.3 is 0 Å². The SMILES string of the molecule is CCC(NC(=O)c1ccc2nc(-c3cc(-c4cccnc4OC)ccc3O)[nH]c2c1)c1ccncc1. The number of nitrogens with one attached hydrogen (secondary N) is 2. The van der Waals surface area contributed by atoms with Crippen LogP contribution in [-0.4, -0.2) is 38.1 Å². The van der Waals surface area contributed by atoms with Crippen molar-refractivity contribution in [1.82, 2.24) is 25.3 Å². The van der Waals surface area contributed by atoms with Crippen LogP contribution in [0.2, 0.25) is 0 Å². The van der Waals surface area contributed by atoms with Crippen LogP contribution >= 0.6 is 0 Å². The molecule has 3 heterocycles. The number of carbonyl (C=O) groups excluding carboxylic acids is 1. The molecule has 180 valence electrons. The van der Waals surface area contributed by atoms with E-state index < -0.39 is 0 Å². The highest BCUT2D eigenvalue weighted by Crippen LogP contribution is 2.35. The molecule has 5 aromatic rings. The molecule has 1 atom stereocenters. The van der Waals surface area contributed by atoms with Crippen LogP contribution in [0, 0.1) is 0 Å². The molecular formula is C28H25N5O3. The van der Waals surface area contributed by atoms with Crippen LogP contribution in [0.1, 0.15) is 35.3 Å². The Bertz CT molecular complexity index is 1530. The van der Waals surface area contributed by atoms with Crippen molar-refractivity contribution in [2.24, 2.45) is 0 Å². The number of imidazole rings is 1. The van der Waals surface area contributed by atoms with Crippen molar-refractivity contribution < 1.29 is 14.6 Å². The summed E-state index contributed by atoms with van der Waals surface area (Å²) >= 11 is 0. The molecule has 0 saturated heterocycles. The predicted octanol–water partition coefficient (Wildman–Crippen LogP) is 5.28. The maximum Gasteiger partial charge on any atom is 0.251 e. The molecular weight excluding hydrogens is 454 g/mol. The molecule has 0 saturated carbocycles. The normalized spacial score (nSPS) is 11.8. The van der Waals surface area contributed by atoms with Crippen molar-refractivity contribution in [2.45, 2.75) is 19.4 Å². The van der Waals surface area contributed by atoms with E-state index in [1.165, 1.54) is 0 Å². The van der Waals surface area contributed by atoms with E-state index in [1.54, 1.807) is 56.0 Å². The lowest BCUT2D eigenvalue weighted by Crippen LogP contribution is -2.28. The third-order valence-electron chi connectivity index (χ3n) is 6.09. The molecule has 0 aliphatic rings. The fraction of sp³-hybridized carbons (Fsp3) is 0.143. The maximum absolute atomic E-state index is 13.0. The monoisotopic (exact) mass is 479 g/mol. The number of nitrogens with zero attached hydrogens (tertiary/aromatic N) is 3. The Morgan fingerprint density at radius 1 is 1.06 bits per heavy atom. The molecule has 0 aliphatic carbocycles. The van der Waals surface area contributed by atoms with E-state index in [1.807, 2.05) is 37.3 Å². The lowest BCUT2D eigenvalue weighted by molar-refractivity contribution is 0.0935. The minimum atomic E-state index is -0.176. The summed E-state index contributed by atoms with van der Waals surface area (Å²) in [5.74, 6) is 0.895. The average Bonchev–Trinajstić information content (AvgIpc) is 3.35. The van der Waals surface area contributed by atoms with E-state index in [9.17, 15) is 9.90 Å². The van der Waals surface area contributed by atoms with Crippen molar-refractivity contribution in [1.29, 1.82) is 0 Å². The predicted molar refractivity (Wildman–Crippen MR) is 138 cm³/mol. The molecule has 3 aromatic heterocycles. The maximum atomic E-state index is 13.0. The van der Waals surface area contributed by atoms with Crippen LogP contribution in [-0.2, 0) is 0 Å². The van der Waals surface area contributed by atoms with Crippen LogP contribution in [0.15, 0.2) is 79.3 Å². The highest BCUT2D eigenvalue weighted by atomic mass is 16.5. The zero-order valence-corrected chi connectivity index (χ0v) is 19.9. The largest absolute Gasteiger partial charge is 0.507 e. The summed E-state index contributed by atoms with van der Waals surface area (Å²) in [7, 11) is 1.57. The van der Waals surface area contributed by atoms with Crippen LogP contribution in [0.4, 0.5) is 0 Å². The molecule has 0 radical (unpaired) electrons. The summed E-state index contributed by atoms with van der Waals surface area (Å²) in [6.07, 6.45) is 5.86. The van der Waals surface area contributed by atoms with Crippen molar-refractivity contribution in [3.63, 3.8) is 0 Å². The molecule has 36 heavy (non-hydrogen) atoms. The van der Waals surface area contributed by atoms with Crippen LogP contribution in [0.3, 0.4) is 0 Å². The number of H-pyrrole nitrogens is 1. The molecule has 0 aliphatic heterocycles. The number of aromatic hydroxyl groups is 1. The number of phenols is 1. The standard InChI is InChI=1S/C28H25N5O3/c1-3-22(17-10-13-29-14-11-17)33-27(35)19-6-8-23-24(16-19)32-26(31-23)21-15-18(7-9-25(21)34)20-5-4-12-30-28(20)36-2/h4-16,22,34H,3H2,1-2H3,(H,31,32)(H,33,35). The Labute approximate surface area is 208 Å². The third kappa shape index (κ3) is 4.48. The number of aromatic amines is 1. The first kappa shape index (κ1) is 23.0. The van der Waals surface area contributed by atoms with Crippen molar-refractivity contribution in [3.05, 3.63) is 90.4 Å². The average molecular weight is 480 g/mol. The minimum Gasteiger partial charge on any atom is -0.507 e. The second kappa shape index (κ2) is 9.87. The van der Waals surface area contributed by atoms with Crippen molar-refractivity contribution >= 4 is 16.9 Å². The molecule has 8 heteroatoms. The summed E-state index contributed by atoms with van der Waals surface area (Å²) in [6, 6.07) is 18.0. The molecule has 5 rings (SSSR count). The van der Waals surface area contributed by atoms with Gasteiger partial charge in [-0.1, -0.05) is 13.0 Å². The van der Waals surface area contributed by atoms with E-state index in [4.69, 9.17) is 4.74 Å². The van der Waals surface area contributed by atoms with Crippen LogP contribution < -0.4 is 10.1 Å². The second-order valence-electron chi connectivity index (χ2n) is 8.32. The first-order valence-corrected chi connectivity index (χ1v) is 11.6. The zero-order valence-electron chi connectivity index (χ0n) is 19.9. The summed E-state index contributed by atoms with van der Waals surface area (Å²) in [6.45, 7) is 2.03. The molecule has 1 amide bonds. The topological polar surface area (TPSA) is 113 Å². The van der Waals surface area contributed by atoms with Gasteiger partial charge in [0, 0.05) is 29.7 Å². The molecule has 8 nitrogen and oxygen atoms in total. The van der Waals surface area contributed by atoms with Gasteiger partial charge in [0.15, 0.2) is 0 Å². The Balaban J connectivity index is 1.45. The first-order valence-electron chi connectivity index (χ1n) is 11.6. The number of methoxy groups -OCH3 is 1. The number of ether oxygens (including phenoxy) is 1. The van der Waals surface area contributed by atoms with E-state index >= 15 is 0 Å².